The maximum absolute atomic E-state index is 5.67. The van der Waals surface area contributed by atoms with E-state index in [0.29, 0.717) is 0 Å². The van der Waals surface area contributed by atoms with Gasteiger partial charge in [-0.2, -0.15) is 0 Å². The summed E-state index contributed by atoms with van der Waals surface area (Å²) in [5.41, 5.74) is 9.50. The molecule has 0 fully saturated rings. The zero-order chi connectivity index (χ0) is 13.2. The average Bonchev–Trinajstić information content (AvgIpc) is 2.80. The zero-order valence-electron chi connectivity index (χ0n) is 10.7. The molecular weight excluding hydrogens is 238 g/mol. The van der Waals surface area contributed by atoms with Gasteiger partial charge in [-0.1, -0.05) is 12.1 Å². The number of nitrogen functional groups attached to an aromatic ring is 1. The van der Waals surface area contributed by atoms with Crippen molar-refractivity contribution in [2.45, 2.75) is 19.8 Å². The maximum Gasteiger partial charge on any atom is 0.163 e. The summed E-state index contributed by atoms with van der Waals surface area (Å²) < 4.78 is 1.93. The van der Waals surface area contributed by atoms with Crippen LogP contribution in [0.2, 0.25) is 0 Å². The van der Waals surface area contributed by atoms with Crippen molar-refractivity contribution in [3.05, 3.63) is 53.7 Å². The number of hydrogen-bond acceptors (Lipinski definition) is 4. The van der Waals surface area contributed by atoms with E-state index in [-0.39, 0.29) is 0 Å². The lowest BCUT2D eigenvalue weighted by atomic mass is 10.1. The molecule has 0 aliphatic carbocycles. The molecule has 0 radical (unpaired) electrons. The molecule has 5 nitrogen and oxygen atoms in total. The lowest BCUT2D eigenvalue weighted by Crippen LogP contribution is -1.99. The summed E-state index contributed by atoms with van der Waals surface area (Å²) in [5, 5.41) is 8.38. The Labute approximate surface area is 111 Å². The Kier molecular flexibility index (Phi) is 2.87. The molecule has 0 aliphatic heterocycles. The summed E-state index contributed by atoms with van der Waals surface area (Å²) in [4.78, 5) is 4.27. The molecule has 0 aliphatic rings. The number of aryl methyl sites for hydroxylation is 3. The molecule has 0 unspecified atom stereocenters. The SMILES string of the molecule is Cc1cc2nnc(CCc3ccc(N)cc3)n2cn1. The molecule has 0 atom stereocenters. The van der Waals surface area contributed by atoms with Gasteiger partial charge < -0.3 is 5.73 Å². The van der Waals surface area contributed by atoms with Crippen molar-refractivity contribution in [3.63, 3.8) is 0 Å². The average molecular weight is 253 g/mol. The van der Waals surface area contributed by atoms with Gasteiger partial charge in [0.05, 0.1) is 0 Å². The van der Waals surface area contributed by atoms with Gasteiger partial charge in [0.2, 0.25) is 0 Å². The van der Waals surface area contributed by atoms with Crippen LogP contribution >= 0.6 is 0 Å². The standard InChI is InChI=1S/C14H15N5/c1-10-8-14-18-17-13(19(14)9-16-10)7-4-11-2-5-12(15)6-3-11/h2-3,5-6,8-9H,4,7,15H2,1H3. The minimum Gasteiger partial charge on any atom is -0.399 e. The Balaban J connectivity index is 1.80. The van der Waals surface area contributed by atoms with Crippen LogP contribution in [0.5, 0.6) is 0 Å². The van der Waals surface area contributed by atoms with E-state index in [1.54, 1.807) is 6.33 Å². The van der Waals surface area contributed by atoms with Gasteiger partial charge in [-0.3, -0.25) is 4.40 Å². The summed E-state index contributed by atoms with van der Waals surface area (Å²) in [5.74, 6) is 0.930. The number of rotatable bonds is 3. The number of aromatic nitrogens is 4. The predicted octanol–water partition coefficient (Wildman–Crippen LogP) is 1.80. The van der Waals surface area contributed by atoms with E-state index in [0.717, 1.165) is 35.7 Å². The molecule has 5 heteroatoms. The minimum absolute atomic E-state index is 0.788. The van der Waals surface area contributed by atoms with Gasteiger partial charge in [0.15, 0.2) is 5.65 Å². The van der Waals surface area contributed by atoms with E-state index < -0.39 is 0 Å². The molecule has 0 spiro atoms. The number of nitrogens with zero attached hydrogens (tertiary/aromatic N) is 4. The summed E-state index contributed by atoms with van der Waals surface area (Å²) in [6, 6.07) is 9.85. The summed E-state index contributed by atoms with van der Waals surface area (Å²) >= 11 is 0. The normalized spacial score (nSPS) is 11.0. The van der Waals surface area contributed by atoms with E-state index in [2.05, 4.69) is 15.2 Å². The van der Waals surface area contributed by atoms with Gasteiger partial charge in [-0.25, -0.2) is 4.98 Å². The first-order chi connectivity index (χ1) is 9.22. The highest BCUT2D eigenvalue weighted by atomic mass is 15.3. The van der Waals surface area contributed by atoms with Gasteiger partial charge in [0.25, 0.3) is 0 Å². The van der Waals surface area contributed by atoms with Crippen LogP contribution in [0.4, 0.5) is 5.69 Å². The molecule has 19 heavy (non-hydrogen) atoms. The Bertz CT molecular complexity index is 699. The molecule has 0 saturated carbocycles. The second kappa shape index (κ2) is 4.68. The van der Waals surface area contributed by atoms with Crippen molar-refractivity contribution >= 4 is 11.3 Å². The fourth-order valence-corrected chi connectivity index (χ4v) is 2.05. The van der Waals surface area contributed by atoms with Gasteiger partial charge >= 0.3 is 0 Å². The quantitative estimate of drug-likeness (QED) is 0.723. The van der Waals surface area contributed by atoms with Crippen molar-refractivity contribution in [1.82, 2.24) is 19.6 Å². The lowest BCUT2D eigenvalue weighted by molar-refractivity contribution is 0.830. The fourth-order valence-electron chi connectivity index (χ4n) is 2.05. The van der Waals surface area contributed by atoms with E-state index in [4.69, 9.17) is 5.73 Å². The van der Waals surface area contributed by atoms with E-state index in [1.807, 2.05) is 41.7 Å². The molecule has 2 aromatic heterocycles. The van der Waals surface area contributed by atoms with Crippen LogP contribution in [0.25, 0.3) is 5.65 Å². The Morgan fingerprint density at radius 1 is 1.11 bits per heavy atom. The molecule has 2 N–H and O–H groups in total. The third-order valence-electron chi connectivity index (χ3n) is 3.12. The predicted molar refractivity (Wildman–Crippen MR) is 73.8 cm³/mol. The highest BCUT2D eigenvalue weighted by Gasteiger charge is 2.06. The summed E-state index contributed by atoms with van der Waals surface area (Å²) in [6.07, 6.45) is 3.52. The molecular formula is C14H15N5. The first kappa shape index (κ1) is 11.6. The number of anilines is 1. The number of nitrogens with two attached hydrogens (primary N) is 1. The van der Waals surface area contributed by atoms with Gasteiger partial charge in [0.1, 0.15) is 12.2 Å². The van der Waals surface area contributed by atoms with Crippen LogP contribution in [0, 0.1) is 6.92 Å². The molecule has 3 aromatic rings. The van der Waals surface area contributed by atoms with Crippen LogP contribution in [0.1, 0.15) is 17.1 Å². The molecule has 3 rings (SSSR count). The zero-order valence-corrected chi connectivity index (χ0v) is 10.7. The number of benzene rings is 1. The third-order valence-corrected chi connectivity index (χ3v) is 3.12. The van der Waals surface area contributed by atoms with E-state index in [1.165, 1.54) is 5.56 Å². The molecule has 0 bridgehead atoms. The minimum atomic E-state index is 0.788. The topological polar surface area (TPSA) is 69.1 Å². The van der Waals surface area contributed by atoms with E-state index in [9.17, 15) is 0 Å². The van der Waals surface area contributed by atoms with Gasteiger partial charge in [-0.05, 0) is 31.0 Å². The summed E-state index contributed by atoms with van der Waals surface area (Å²) in [7, 11) is 0. The highest BCUT2D eigenvalue weighted by molar-refractivity contribution is 5.40. The largest absolute Gasteiger partial charge is 0.399 e. The highest BCUT2D eigenvalue weighted by Crippen LogP contribution is 2.10. The molecule has 2 heterocycles. The maximum atomic E-state index is 5.67. The van der Waals surface area contributed by atoms with Gasteiger partial charge in [0, 0.05) is 23.9 Å². The van der Waals surface area contributed by atoms with Crippen molar-refractivity contribution < 1.29 is 0 Å². The number of fused-ring (bicyclic) bond motifs is 1. The van der Waals surface area contributed by atoms with Crippen LogP contribution in [-0.4, -0.2) is 19.6 Å². The third kappa shape index (κ3) is 2.40. The second-order valence-corrected chi connectivity index (χ2v) is 4.62. The van der Waals surface area contributed by atoms with Crippen LogP contribution < -0.4 is 5.73 Å². The van der Waals surface area contributed by atoms with Crippen molar-refractivity contribution in [3.8, 4) is 0 Å². The van der Waals surface area contributed by atoms with E-state index >= 15 is 0 Å². The monoisotopic (exact) mass is 253 g/mol. The second-order valence-electron chi connectivity index (χ2n) is 4.62. The first-order valence-electron chi connectivity index (χ1n) is 6.23. The van der Waals surface area contributed by atoms with Gasteiger partial charge in [-0.15, -0.1) is 10.2 Å². The Morgan fingerprint density at radius 3 is 2.68 bits per heavy atom. The smallest absolute Gasteiger partial charge is 0.163 e. The van der Waals surface area contributed by atoms with Crippen LogP contribution in [0.15, 0.2) is 36.7 Å². The Morgan fingerprint density at radius 2 is 1.89 bits per heavy atom. The molecule has 96 valence electrons. The van der Waals surface area contributed by atoms with Crippen molar-refractivity contribution in [2.75, 3.05) is 5.73 Å². The molecule has 1 aromatic carbocycles. The first-order valence-corrected chi connectivity index (χ1v) is 6.23. The fraction of sp³-hybridized carbons (Fsp3) is 0.214. The lowest BCUT2D eigenvalue weighted by Gasteiger charge is -2.01. The van der Waals surface area contributed by atoms with Crippen LogP contribution in [0.3, 0.4) is 0 Å². The molecule has 0 saturated heterocycles. The van der Waals surface area contributed by atoms with Crippen LogP contribution in [-0.2, 0) is 12.8 Å². The Hall–Kier alpha value is -2.43. The summed E-state index contributed by atoms with van der Waals surface area (Å²) in [6.45, 7) is 1.95. The van der Waals surface area contributed by atoms with Crippen molar-refractivity contribution in [1.29, 1.82) is 0 Å². The molecule has 0 amide bonds. The van der Waals surface area contributed by atoms with Crippen molar-refractivity contribution in [2.24, 2.45) is 0 Å². The number of hydrogen-bond donors (Lipinski definition) is 1.